The van der Waals surface area contributed by atoms with Crippen LogP contribution in [-0.2, 0) is 32.1 Å². The molecule has 6 nitrogen and oxygen atoms in total. The zero-order valence-corrected chi connectivity index (χ0v) is 18.8. The highest BCUT2D eigenvalue weighted by molar-refractivity contribution is 5.98. The van der Waals surface area contributed by atoms with Gasteiger partial charge in [-0.2, -0.15) is 0 Å². The third-order valence-electron chi connectivity index (χ3n) is 5.58. The molecule has 0 bridgehead atoms. The van der Waals surface area contributed by atoms with Gasteiger partial charge in [0.2, 0.25) is 11.8 Å². The molecule has 2 amide bonds. The molecule has 0 spiro atoms. The lowest BCUT2D eigenvalue weighted by Gasteiger charge is -2.37. The number of nitrogens with zero attached hydrogens (tertiary/aromatic N) is 1. The van der Waals surface area contributed by atoms with Crippen LogP contribution in [0.4, 0.5) is 0 Å². The summed E-state index contributed by atoms with van der Waals surface area (Å²) < 4.78 is 5.86. The highest BCUT2D eigenvalue weighted by atomic mass is 16.5. The summed E-state index contributed by atoms with van der Waals surface area (Å²) in [4.78, 5) is 40.2. The average molecular weight is 437 g/mol. The van der Waals surface area contributed by atoms with Crippen molar-refractivity contribution in [2.45, 2.75) is 51.8 Å². The number of amides is 2. The monoisotopic (exact) mass is 436 g/mol. The maximum absolute atomic E-state index is 13.2. The van der Waals surface area contributed by atoms with Crippen molar-refractivity contribution in [3.8, 4) is 0 Å². The standard InChI is InChI=1S/C26H32N2O4/c1-19(2)15-22-26(31)28(16-25(30)27-22)23(18-32-17-21-11-7-4-8-12-21)24(29)14-13-20-9-5-3-6-10-20/h3-12,19,22-23H,13-18H2,1-2H3,(H,27,30)/t22-,23?/m0/s1. The molecule has 1 aliphatic rings. The van der Waals surface area contributed by atoms with Crippen molar-refractivity contribution in [2.75, 3.05) is 13.2 Å². The molecule has 1 aliphatic heterocycles. The molecular weight excluding hydrogens is 404 g/mol. The first-order valence-corrected chi connectivity index (χ1v) is 11.2. The highest BCUT2D eigenvalue weighted by Gasteiger charge is 2.39. The number of aryl methyl sites for hydroxylation is 1. The third-order valence-corrected chi connectivity index (χ3v) is 5.58. The van der Waals surface area contributed by atoms with Crippen LogP contribution in [0.2, 0.25) is 0 Å². The van der Waals surface area contributed by atoms with Crippen molar-refractivity contribution in [1.82, 2.24) is 10.2 Å². The molecule has 0 saturated carbocycles. The Kier molecular flexibility index (Phi) is 8.56. The number of hydrogen-bond acceptors (Lipinski definition) is 4. The molecule has 3 rings (SSSR count). The fourth-order valence-electron chi connectivity index (χ4n) is 3.93. The van der Waals surface area contributed by atoms with Crippen LogP contribution in [0.1, 0.15) is 37.8 Å². The van der Waals surface area contributed by atoms with Gasteiger partial charge in [-0.05, 0) is 29.9 Å². The highest BCUT2D eigenvalue weighted by Crippen LogP contribution is 2.17. The van der Waals surface area contributed by atoms with E-state index >= 15 is 0 Å². The van der Waals surface area contributed by atoms with Crippen LogP contribution in [0.15, 0.2) is 60.7 Å². The molecule has 1 fully saturated rings. The van der Waals surface area contributed by atoms with Crippen LogP contribution in [0.25, 0.3) is 0 Å². The van der Waals surface area contributed by atoms with Gasteiger partial charge in [0.25, 0.3) is 0 Å². The van der Waals surface area contributed by atoms with Crippen molar-refractivity contribution in [3.63, 3.8) is 0 Å². The quantitative estimate of drug-likeness (QED) is 0.587. The van der Waals surface area contributed by atoms with Crippen molar-refractivity contribution in [3.05, 3.63) is 71.8 Å². The minimum atomic E-state index is -0.782. The molecule has 1 unspecified atom stereocenters. The van der Waals surface area contributed by atoms with E-state index in [1.165, 1.54) is 4.90 Å². The van der Waals surface area contributed by atoms with Crippen LogP contribution in [0.5, 0.6) is 0 Å². The largest absolute Gasteiger partial charge is 0.374 e. The number of rotatable bonds is 11. The van der Waals surface area contributed by atoms with E-state index in [0.717, 1.165) is 11.1 Å². The molecule has 0 aromatic heterocycles. The Morgan fingerprint density at radius 2 is 1.66 bits per heavy atom. The zero-order chi connectivity index (χ0) is 22.9. The van der Waals surface area contributed by atoms with Crippen LogP contribution in [0, 0.1) is 5.92 Å². The lowest BCUT2D eigenvalue weighted by molar-refractivity contribution is -0.152. The van der Waals surface area contributed by atoms with E-state index in [1.807, 2.05) is 74.5 Å². The Bertz CT molecular complexity index is 899. The molecule has 170 valence electrons. The fraction of sp³-hybridized carbons (Fsp3) is 0.423. The van der Waals surface area contributed by atoms with Crippen LogP contribution < -0.4 is 5.32 Å². The van der Waals surface area contributed by atoms with E-state index in [2.05, 4.69) is 5.32 Å². The van der Waals surface area contributed by atoms with E-state index in [4.69, 9.17) is 4.74 Å². The summed E-state index contributed by atoms with van der Waals surface area (Å²) in [6.45, 7) is 4.29. The molecule has 0 aliphatic carbocycles. The minimum Gasteiger partial charge on any atom is -0.374 e. The number of benzene rings is 2. The molecule has 0 radical (unpaired) electrons. The SMILES string of the molecule is CC(C)C[C@@H]1NC(=O)CN(C(COCc2ccccc2)C(=O)CCc2ccccc2)C1=O. The van der Waals surface area contributed by atoms with Gasteiger partial charge in [0.15, 0.2) is 5.78 Å². The van der Waals surface area contributed by atoms with E-state index in [9.17, 15) is 14.4 Å². The Balaban J connectivity index is 1.72. The number of carbonyl (C=O) groups excluding carboxylic acids is 3. The molecule has 2 atom stereocenters. The van der Waals surface area contributed by atoms with Gasteiger partial charge >= 0.3 is 0 Å². The fourth-order valence-corrected chi connectivity index (χ4v) is 3.93. The Morgan fingerprint density at radius 3 is 2.28 bits per heavy atom. The van der Waals surface area contributed by atoms with Crippen LogP contribution in [-0.4, -0.2) is 47.7 Å². The first-order chi connectivity index (χ1) is 15.4. The summed E-state index contributed by atoms with van der Waals surface area (Å²) >= 11 is 0. The molecular formula is C26H32N2O4. The second-order valence-corrected chi connectivity index (χ2v) is 8.68. The van der Waals surface area contributed by atoms with Gasteiger partial charge in [-0.1, -0.05) is 74.5 Å². The second-order valence-electron chi connectivity index (χ2n) is 8.68. The smallest absolute Gasteiger partial charge is 0.246 e. The minimum absolute atomic E-state index is 0.0654. The zero-order valence-electron chi connectivity index (χ0n) is 18.8. The molecule has 2 aromatic rings. The van der Waals surface area contributed by atoms with Crippen molar-refractivity contribution in [1.29, 1.82) is 0 Å². The summed E-state index contributed by atoms with van der Waals surface area (Å²) in [5.74, 6) is -0.294. The van der Waals surface area contributed by atoms with E-state index < -0.39 is 12.1 Å². The Morgan fingerprint density at radius 1 is 1.03 bits per heavy atom. The number of ketones is 1. The summed E-state index contributed by atoms with van der Waals surface area (Å²) in [5.41, 5.74) is 2.05. The van der Waals surface area contributed by atoms with E-state index in [1.54, 1.807) is 0 Å². The lowest BCUT2D eigenvalue weighted by Crippen LogP contribution is -2.63. The Hall–Kier alpha value is -2.99. The molecule has 1 saturated heterocycles. The normalized spacial score (nSPS) is 17.3. The molecule has 2 aromatic carbocycles. The third kappa shape index (κ3) is 6.76. The maximum atomic E-state index is 13.2. The van der Waals surface area contributed by atoms with Gasteiger partial charge in [0.05, 0.1) is 13.2 Å². The van der Waals surface area contributed by atoms with Crippen molar-refractivity contribution in [2.24, 2.45) is 5.92 Å². The van der Waals surface area contributed by atoms with Gasteiger partial charge in [-0.25, -0.2) is 0 Å². The Labute approximate surface area is 189 Å². The van der Waals surface area contributed by atoms with Gasteiger partial charge < -0.3 is 15.0 Å². The lowest BCUT2D eigenvalue weighted by atomic mass is 9.97. The summed E-state index contributed by atoms with van der Waals surface area (Å²) in [6.07, 6.45) is 1.40. The van der Waals surface area contributed by atoms with Crippen LogP contribution >= 0.6 is 0 Å². The topological polar surface area (TPSA) is 75.7 Å². The van der Waals surface area contributed by atoms with E-state index in [0.29, 0.717) is 19.4 Å². The van der Waals surface area contributed by atoms with E-state index in [-0.39, 0.29) is 43.1 Å². The van der Waals surface area contributed by atoms with Crippen molar-refractivity contribution < 1.29 is 19.1 Å². The molecule has 6 heteroatoms. The van der Waals surface area contributed by atoms with Gasteiger partial charge in [0, 0.05) is 6.42 Å². The number of Topliss-reactive ketones (excluding diaryl/α,β-unsaturated/α-hetero) is 1. The predicted octanol–water partition coefficient (Wildman–Crippen LogP) is 3.15. The first kappa shape index (κ1) is 23.7. The van der Waals surface area contributed by atoms with Gasteiger partial charge in [0.1, 0.15) is 18.6 Å². The molecule has 32 heavy (non-hydrogen) atoms. The summed E-state index contributed by atoms with van der Waals surface area (Å²) in [7, 11) is 0. The molecule has 1 heterocycles. The number of carbonyl (C=O) groups is 3. The maximum Gasteiger partial charge on any atom is 0.246 e. The second kappa shape index (κ2) is 11.6. The number of nitrogens with one attached hydrogen (secondary N) is 1. The number of piperazine rings is 1. The average Bonchev–Trinajstić information content (AvgIpc) is 2.78. The molecule has 1 N–H and O–H groups in total. The first-order valence-electron chi connectivity index (χ1n) is 11.2. The van der Waals surface area contributed by atoms with Gasteiger partial charge in [-0.15, -0.1) is 0 Å². The number of hydrogen-bond donors (Lipinski definition) is 1. The van der Waals surface area contributed by atoms with Crippen LogP contribution in [0.3, 0.4) is 0 Å². The summed E-state index contributed by atoms with van der Waals surface area (Å²) in [5, 5.41) is 2.78. The predicted molar refractivity (Wildman–Crippen MR) is 123 cm³/mol. The van der Waals surface area contributed by atoms with Gasteiger partial charge in [-0.3, -0.25) is 14.4 Å². The summed E-state index contributed by atoms with van der Waals surface area (Å²) in [6, 6.07) is 18.1. The van der Waals surface area contributed by atoms with Crippen molar-refractivity contribution >= 4 is 17.6 Å². The number of ether oxygens (including phenoxy) is 1.